The molecule has 1 unspecified atom stereocenters. The monoisotopic (exact) mass is 274 g/mol. The molecule has 0 saturated heterocycles. The van der Waals surface area contributed by atoms with Gasteiger partial charge in [-0.2, -0.15) is 0 Å². The van der Waals surface area contributed by atoms with Crippen LogP contribution in [-0.4, -0.2) is 29.6 Å². The number of rotatable bonds is 5. The minimum Gasteiger partial charge on any atom is -0.396 e. The largest absolute Gasteiger partial charge is 0.396 e. The van der Waals surface area contributed by atoms with Crippen LogP contribution in [0.1, 0.15) is 25.3 Å². The van der Waals surface area contributed by atoms with Crippen LogP contribution in [0.15, 0.2) is 24.3 Å². The van der Waals surface area contributed by atoms with Crippen molar-refractivity contribution in [3.05, 3.63) is 29.8 Å². The van der Waals surface area contributed by atoms with E-state index in [4.69, 9.17) is 11.5 Å². The molecule has 0 heterocycles. The first kappa shape index (κ1) is 15.7. The molecule has 1 aromatic rings. The van der Waals surface area contributed by atoms with Gasteiger partial charge in [0.25, 0.3) is 0 Å². The van der Waals surface area contributed by atoms with E-state index >= 15 is 0 Å². The Hall–Kier alpha value is -2.32. The molecule has 0 fully saturated rings. The molecule has 20 heavy (non-hydrogen) atoms. The highest BCUT2D eigenvalue weighted by molar-refractivity contribution is 6.39. The Morgan fingerprint density at radius 3 is 2.80 bits per heavy atom. The zero-order valence-electron chi connectivity index (χ0n) is 11.3. The van der Waals surface area contributed by atoms with Gasteiger partial charge in [0.2, 0.25) is 0 Å². The Balaban J connectivity index is 2.53. The lowest BCUT2D eigenvalue weighted by Gasteiger charge is -2.13. The maximum atomic E-state index is 11.7. The maximum Gasteiger partial charge on any atom is 0.313 e. The van der Waals surface area contributed by atoms with Crippen LogP contribution in [0.25, 0.3) is 0 Å². The van der Waals surface area contributed by atoms with Crippen LogP contribution in [0.3, 0.4) is 0 Å². The second kappa shape index (κ2) is 7.97. The minimum absolute atomic E-state index is 0.0608. The molecule has 0 aliphatic carbocycles. The van der Waals surface area contributed by atoms with Crippen molar-refractivity contribution in [2.45, 2.75) is 25.8 Å². The van der Waals surface area contributed by atoms with E-state index in [1.165, 1.54) is 0 Å². The predicted molar refractivity (Wildman–Crippen MR) is 76.9 cm³/mol. The van der Waals surface area contributed by atoms with E-state index in [-0.39, 0.29) is 12.6 Å². The summed E-state index contributed by atoms with van der Waals surface area (Å²) in [7, 11) is 0. The van der Waals surface area contributed by atoms with Gasteiger partial charge in [0, 0.05) is 23.9 Å². The normalized spacial score (nSPS) is 11.2. The summed E-state index contributed by atoms with van der Waals surface area (Å²) in [6.45, 7) is 1.84. The van der Waals surface area contributed by atoms with Crippen molar-refractivity contribution < 1.29 is 14.7 Å². The summed E-state index contributed by atoms with van der Waals surface area (Å²) < 4.78 is 0. The Morgan fingerprint density at radius 1 is 1.40 bits per heavy atom. The molecule has 1 atom stereocenters. The SMILES string of the molecule is C#Cc1cccc(NC(=O)C(=O)NC(C)CCCO)c1. The molecular formula is C15H18N2O3. The molecule has 0 spiro atoms. The van der Waals surface area contributed by atoms with Gasteiger partial charge in [-0.15, -0.1) is 6.42 Å². The summed E-state index contributed by atoms with van der Waals surface area (Å²) in [6.07, 6.45) is 6.45. The quantitative estimate of drug-likeness (QED) is 0.551. The van der Waals surface area contributed by atoms with Crippen molar-refractivity contribution in [1.29, 1.82) is 0 Å². The fraction of sp³-hybridized carbons (Fsp3) is 0.333. The molecule has 0 bridgehead atoms. The Morgan fingerprint density at radius 2 is 2.15 bits per heavy atom. The lowest BCUT2D eigenvalue weighted by molar-refractivity contribution is -0.136. The number of amides is 2. The molecule has 5 nitrogen and oxygen atoms in total. The van der Waals surface area contributed by atoms with Crippen molar-refractivity contribution in [3.63, 3.8) is 0 Å². The van der Waals surface area contributed by atoms with Crippen LogP contribution in [0.4, 0.5) is 5.69 Å². The van der Waals surface area contributed by atoms with Gasteiger partial charge in [-0.05, 0) is 38.0 Å². The van der Waals surface area contributed by atoms with Gasteiger partial charge in [0.15, 0.2) is 0 Å². The summed E-state index contributed by atoms with van der Waals surface area (Å²) in [5.41, 5.74) is 1.10. The lowest BCUT2D eigenvalue weighted by atomic mass is 10.2. The molecule has 0 radical (unpaired) electrons. The van der Waals surface area contributed by atoms with Gasteiger partial charge in [0.1, 0.15) is 0 Å². The van der Waals surface area contributed by atoms with Gasteiger partial charge in [-0.1, -0.05) is 12.0 Å². The Kier molecular flexibility index (Phi) is 6.27. The standard InChI is InChI=1S/C15H18N2O3/c1-3-12-7-4-8-13(10-12)17-15(20)14(19)16-11(2)6-5-9-18/h1,4,7-8,10-11,18H,5-6,9H2,2H3,(H,16,19)(H,17,20). The third-order valence-electron chi connectivity index (χ3n) is 2.67. The van der Waals surface area contributed by atoms with Crippen LogP contribution in [0.2, 0.25) is 0 Å². The van der Waals surface area contributed by atoms with E-state index in [1.807, 2.05) is 0 Å². The zero-order chi connectivity index (χ0) is 15.0. The molecule has 3 N–H and O–H groups in total. The first-order chi connectivity index (χ1) is 9.56. The van der Waals surface area contributed by atoms with E-state index in [1.54, 1.807) is 31.2 Å². The van der Waals surface area contributed by atoms with Crippen molar-refractivity contribution in [1.82, 2.24) is 5.32 Å². The number of carbonyl (C=O) groups excluding carboxylic acids is 2. The Labute approximate surface area is 118 Å². The maximum absolute atomic E-state index is 11.7. The number of hydrogen-bond donors (Lipinski definition) is 3. The second-order valence-corrected chi connectivity index (χ2v) is 4.42. The van der Waals surface area contributed by atoms with E-state index in [2.05, 4.69) is 16.6 Å². The fourth-order valence-corrected chi connectivity index (χ4v) is 1.63. The highest BCUT2D eigenvalue weighted by atomic mass is 16.3. The van der Waals surface area contributed by atoms with Gasteiger partial charge < -0.3 is 15.7 Å². The molecule has 1 aromatic carbocycles. The van der Waals surface area contributed by atoms with Crippen LogP contribution in [-0.2, 0) is 9.59 Å². The highest BCUT2D eigenvalue weighted by Crippen LogP contribution is 2.09. The van der Waals surface area contributed by atoms with Crippen molar-refractivity contribution in [3.8, 4) is 12.3 Å². The second-order valence-electron chi connectivity index (χ2n) is 4.42. The number of carbonyl (C=O) groups is 2. The number of benzene rings is 1. The summed E-state index contributed by atoms with van der Waals surface area (Å²) in [5.74, 6) is 1.00. The van der Waals surface area contributed by atoms with Crippen LogP contribution in [0, 0.1) is 12.3 Å². The van der Waals surface area contributed by atoms with Crippen LogP contribution < -0.4 is 10.6 Å². The third kappa shape index (κ3) is 5.12. The lowest BCUT2D eigenvalue weighted by Crippen LogP contribution is -2.40. The number of anilines is 1. The number of nitrogens with one attached hydrogen (secondary N) is 2. The molecule has 0 aliphatic heterocycles. The molecule has 0 saturated carbocycles. The van der Waals surface area contributed by atoms with Crippen LogP contribution in [0.5, 0.6) is 0 Å². The predicted octanol–water partition coefficient (Wildman–Crippen LogP) is 0.884. The Bertz CT molecular complexity index is 520. The van der Waals surface area contributed by atoms with Gasteiger partial charge >= 0.3 is 11.8 Å². The van der Waals surface area contributed by atoms with Crippen LogP contribution >= 0.6 is 0 Å². The molecule has 2 amide bonds. The molecule has 5 heteroatoms. The number of hydrogen-bond acceptors (Lipinski definition) is 3. The number of terminal acetylenes is 1. The summed E-state index contributed by atoms with van der Waals surface area (Å²) >= 11 is 0. The first-order valence-electron chi connectivity index (χ1n) is 6.36. The average molecular weight is 274 g/mol. The molecule has 0 aliphatic rings. The van der Waals surface area contributed by atoms with E-state index in [9.17, 15) is 9.59 Å². The number of aliphatic hydroxyl groups excluding tert-OH is 1. The first-order valence-corrected chi connectivity index (χ1v) is 6.36. The summed E-state index contributed by atoms with van der Waals surface area (Å²) in [6, 6.07) is 6.53. The van der Waals surface area contributed by atoms with E-state index in [0.717, 1.165) is 0 Å². The third-order valence-corrected chi connectivity index (χ3v) is 2.67. The minimum atomic E-state index is -0.741. The number of aliphatic hydroxyl groups is 1. The molecular weight excluding hydrogens is 256 g/mol. The van der Waals surface area contributed by atoms with Gasteiger partial charge in [-0.3, -0.25) is 9.59 Å². The zero-order valence-corrected chi connectivity index (χ0v) is 11.3. The average Bonchev–Trinajstić information content (AvgIpc) is 2.45. The smallest absolute Gasteiger partial charge is 0.313 e. The van der Waals surface area contributed by atoms with E-state index in [0.29, 0.717) is 24.1 Å². The van der Waals surface area contributed by atoms with Crippen molar-refractivity contribution in [2.75, 3.05) is 11.9 Å². The summed E-state index contributed by atoms with van der Waals surface area (Å²) in [5, 5.41) is 13.7. The van der Waals surface area contributed by atoms with Gasteiger partial charge in [0.05, 0.1) is 0 Å². The van der Waals surface area contributed by atoms with Gasteiger partial charge in [-0.25, -0.2) is 0 Å². The van der Waals surface area contributed by atoms with Crippen molar-refractivity contribution in [2.24, 2.45) is 0 Å². The highest BCUT2D eigenvalue weighted by Gasteiger charge is 2.16. The molecule has 0 aromatic heterocycles. The topological polar surface area (TPSA) is 78.4 Å². The molecule has 106 valence electrons. The molecule has 1 rings (SSSR count). The van der Waals surface area contributed by atoms with E-state index < -0.39 is 11.8 Å². The summed E-state index contributed by atoms with van der Waals surface area (Å²) in [4.78, 5) is 23.3. The fourth-order valence-electron chi connectivity index (χ4n) is 1.63. The van der Waals surface area contributed by atoms with Crippen molar-refractivity contribution >= 4 is 17.5 Å².